The Kier molecular flexibility index (Phi) is 6.38. The van der Waals surface area contributed by atoms with Gasteiger partial charge < -0.3 is 14.8 Å². The van der Waals surface area contributed by atoms with Crippen molar-refractivity contribution in [1.29, 1.82) is 0 Å². The summed E-state index contributed by atoms with van der Waals surface area (Å²) < 4.78 is 11.7. The van der Waals surface area contributed by atoms with Gasteiger partial charge in [0, 0.05) is 0 Å². The highest BCUT2D eigenvalue weighted by molar-refractivity contribution is 5.81. The van der Waals surface area contributed by atoms with Crippen molar-refractivity contribution in [2.75, 3.05) is 6.61 Å². The number of hydrogen-bond donors (Lipinski definition) is 1. The highest BCUT2D eigenvalue weighted by Gasteiger charge is 2.20. The predicted octanol–water partition coefficient (Wildman–Crippen LogP) is 4.22. The van der Waals surface area contributed by atoms with Crippen LogP contribution in [0.15, 0.2) is 42.5 Å². The van der Waals surface area contributed by atoms with Gasteiger partial charge in [-0.3, -0.25) is 4.79 Å². The Morgan fingerprint density at radius 2 is 1.81 bits per heavy atom. The van der Waals surface area contributed by atoms with E-state index < -0.39 is 6.10 Å². The van der Waals surface area contributed by atoms with E-state index in [2.05, 4.69) is 11.4 Å². The second kappa shape index (κ2) is 8.94. The maximum absolute atomic E-state index is 12.5. The zero-order chi connectivity index (χ0) is 19.2. The van der Waals surface area contributed by atoms with Crippen LogP contribution >= 0.6 is 0 Å². The Morgan fingerprint density at radius 1 is 1.07 bits per heavy atom. The van der Waals surface area contributed by atoms with Gasteiger partial charge in [-0.25, -0.2) is 0 Å². The minimum atomic E-state index is -0.541. The SMILES string of the molecule is Cc1ccc(OC[C@H](C)NC(=O)[C@@H](C)Oc2cccc3c2CCCC3)cc1. The van der Waals surface area contributed by atoms with Gasteiger partial charge in [-0.1, -0.05) is 29.8 Å². The molecule has 0 fully saturated rings. The van der Waals surface area contributed by atoms with Crippen LogP contribution < -0.4 is 14.8 Å². The lowest BCUT2D eigenvalue weighted by Crippen LogP contribution is -2.43. The molecule has 1 amide bonds. The van der Waals surface area contributed by atoms with E-state index >= 15 is 0 Å². The fraction of sp³-hybridized carbons (Fsp3) is 0.435. The Labute approximate surface area is 161 Å². The number of aryl methyl sites for hydroxylation is 2. The van der Waals surface area contributed by atoms with Gasteiger partial charge in [0.2, 0.25) is 0 Å². The third kappa shape index (κ3) is 5.25. The smallest absolute Gasteiger partial charge is 0.261 e. The summed E-state index contributed by atoms with van der Waals surface area (Å²) in [4.78, 5) is 12.5. The Balaban J connectivity index is 1.51. The van der Waals surface area contributed by atoms with Crippen molar-refractivity contribution < 1.29 is 14.3 Å². The Hall–Kier alpha value is -2.49. The zero-order valence-electron chi connectivity index (χ0n) is 16.5. The molecule has 0 unspecified atom stereocenters. The highest BCUT2D eigenvalue weighted by atomic mass is 16.5. The number of ether oxygens (including phenoxy) is 2. The van der Waals surface area contributed by atoms with E-state index in [1.165, 1.54) is 29.5 Å². The van der Waals surface area contributed by atoms with Gasteiger partial charge in [0.1, 0.15) is 18.1 Å². The third-order valence-corrected chi connectivity index (χ3v) is 4.94. The molecular formula is C23H29NO3. The average Bonchev–Trinajstić information content (AvgIpc) is 2.68. The topological polar surface area (TPSA) is 47.6 Å². The van der Waals surface area contributed by atoms with Crippen molar-refractivity contribution in [2.45, 2.75) is 58.6 Å². The van der Waals surface area contributed by atoms with Gasteiger partial charge >= 0.3 is 0 Å². The van der Waals surface area contributed by atoms with E-state index in [9.17, 15) is 4.79 Å². The zero-order valence-corrected chi connectivity index (χ0v) is 16.5. The molecule has 0 spiro atoms. The van der Waals surface area contributed by atoms with Crippen molar-refractivity contribution in [2.24, 2.45) is 0 Å². The normalized spacial score (nSPS) is 15.4. The van der Waals surface area contributed by atoms with Crippen LogP contribution in [0.1, 0.15) is 43.4 Å². The number of carbonyl (C=O) groups excluding carboxylic acids is 1. The number of hydrogen-bond acceptors (Lipinski definition) is 3. The molecular weight excluding hydrogens is 338 g/mol. The van der Waals surface area contributed by atoms with E-state index in [-0.39, 0.29) is 11.9 Å². The van der Waals surface area contributed by atoms with Crippen LogP contribution in [0.2, 0.25) is 0 Å². The molecule has 2 atom stereocenters. The number of nitrogens with one attached hydrogen (secondary N) is 1. The number of benzene rings is 2. The summed E-state index contributed by atoms with van der Waals surface area (Å²) in [5.41, 5.74) is 3.81. The van der Waals surface area contributed by atoms with Gasteiger partial charge in [0.25, 0.3) is 5.91 Å². The fourth-order valence-electron chi connectivity index (χ4n) is 3.36. The molecule has 0 radical (unpaired) electrons. The standard InChI is InChI=1S/C23H29NO3/c1-16-11-13-20(14-12-16)26-15-17(2)24-23(25)18(3)27-22-10-6-8-19-7-4-5-9-21(19)22/h6,8,10-14,17-18H,4-5,7,9,15H2,1-3H3,(H,24,25)/t17-,18+/m0/s1. The summed E-state index contributed by atoms with van der Waals surface area (Å²) in [5.74, 6) is 1.53. The molecule has 1 aliphatic rings. The highest BCUT2D eigenvalue weighted by Crippen LogP contribution is 2.30. The Morgan fingerprint density at radius 3 is 2.59 bits per heavy atom. The van der Waals surface area contributed by atoms with Crippen LogP contribution in [0.3, 0.4) is 0 Å². The summed E-state index contributed by atoms with van der Waals surface area (Å²) in [6.07, 6.45) is 3.99. The monoisotopic (exact) mass is 367 g/mol. The van der Waals surface area contributed by atoms with Crippen molar-refractivity contribution in [3.63, 3.8) is 0 Å². The number of fused-ring (bicyclic) bond motifs is 1. The molecule has 1 N–H and O–H groups in total. The van der Waals surface area contributed by atoms with Gasteiger partial charge in [-0.15, -0.1) is 0 Å². The quantitative estimate of drug-likeness (QED) is 0.797. The van der Waals surface area contributed by atoms with E-state index in [4.69, 9.17) is 9.47 Å². The minimum Gasteiger partial charge on any atom is -0.491 e. The van der Waals surface area contributed by atoms with Crippen molar-refractivity contribution in [3.8, 4) is 11.5 Å². The molecule has 0 bridgehead atoms. The van der Waals surface area contributed by atoms with Crippen LogP contribution in [-0.4, -0.2) is 24.7 Å². The minimum absolute atomic E-state index is 0.102. The number of amides is 1. The summed E-state index contributed by atoms with van der Waals surface area (Å²) >= 11 is 0. The first kappa shape index (κ1) is 19.3. The summed E-state index contributed by atoms with van der Waals surface area (Å²) in [6.45, 7) is 6.19. The van der Waals surface area contributed by atoms with E-state index in [0.717, 1.165) is 24.3 Å². The predicted molar refractivity (Wildman–Crippen MR) is 107 cm³/mol. The van der Waals surface area contributed by atoms with E-state index in [1.54, 1.807) is 6.92 Å². The van der Waals surface area contributed by atoms with Crippen LogP contribution in [-0.2, 0) is 17.6 Å². The van der Waals surface area contributed by atoms with E-state index in [1.807, 2.05) is 50.2 Å². The first-order valence-corrected chi connectivity index (χ1v) is 9.80. The fourth-order valence-corrected chi connectivity index (χ4v) is 3.36. The van der Waals surface area contributed by atoms with Crippen LogP contribution in [0.4, 0.5) is 0 Å². The molecule has 4 nitrogen and oxygen atoms in total. The average molecular weight is 367 g/mol. The lowest BCUT2D eigenvalue weighted by atomic mass is 9.91. The molecule has 144 valence electrons. The number of rotatable bonds is 7. The molecule has 0 aromatic heterocycles. The van der Waals surface area contributed by atoms with Gasteiger partial charge in [-0.2, -0.15) is 0 Å². The molecule has 0 saturated heterocycles. The molecule has 2 aromatic carbocycles. The Bertz CT molecular complexity index is 770. The molecule has 4 heteroatoms. The van der Waals surface area contributed by atoms with Crippen molar-refractivity contribution in [1.82, 2.24) is 5.32 Å². The lowest BCUT2D eigenvalue weighted by Gasteiger charge is -2.23. The molecule has 0 heterocycles. The molecule has 0 saturated carbocycles. The first-order chi connectivity index (χ1) is 13.0. The van der Waals surface area contributed by atoms with Gasteiger partial charge in [-0.05, 0) is 75.8 Å². The van der Waals surface area contributed by atoms with Crippen molar-refractivity contribution >= 4 is 5.91 Å². The molecule has 0 aliphatic heterocycles. The largest absolute Gasteiger partial charge is 0.491 e. The number of carbonyl (C=O) groups is 1. The molecule has 1 aliphatic carbocycles. The van der Waals surface area contributed by atoms with Crippen LogP contribution in [0, 0.1) is 6.92 Å². The van der Waals surface area contributed by atoms with Gasteiger partial charge in [0.05, 0.1) is 6.04 Å². The first-order valence-electron chi connectivity index (χ1n) is 9.80. The maximum atomic E-state index is 12.5. The third-order valence-electron chi connectivity index (χ3n) is 4.94. The summed E-state index contributed by atoms with van der Waals surface area (Å²) in [5, 5.41) is 2.97. The van der Waals surface area contributed by atoms with Crippen LogP contribution in [0.25, 0.3) is 0 Å². The second-order valence-electron chi connectivity index (χ2n) is 7.39. The molecule has 27 heavy (non-hydrogen) atoms. The molecule has 2 aromatic rings. The maximum Gasteiger partial charge on any atom is 0.261 e. The second-order valence-corrected chi connectivity index (χ2v) is 7.39. The van der Waals surface area contributed by atoms with E-state index in [0.29, 0.717) is 6.61 Å². The lowest BCUT2D eigenvalue weighted by molar-refractivity contribution is -0.128. The summed E-state index contributed by atoms with van der Waals surface area (Å²) in [7, 11) is 0. The van der Waals surface area contributed by atoms with Crippen molar-refractivity contribution in [3.05, 3.63) is 59.2 Å². The van der Waals surface area contributed by atoms with Gasteiger partial charge in [0.15, 0.2) is 6.10 Å². The molecule has 3 rings (SSSR count). The van der Waals surface area contributed by atoms with Crippen LogP contribution in [0.5, 0.6) is 11.5 Å². The summed E-state index contributed by atoms with van der Waals surface area (Å²) in [6, 6.07) is 13.9.